The molecule has 0 saturated carbocycles. The van der Waals surface area contributed by atoms with E-state index >= 15 is 0 Å². The minimum absolute atomic E-state index is 0. The Balaban J connectivity index is 0.00000320. The van der Waals surface area contributed by atoms with Crippen LogP contribution in [-0.2, 0) is 11.2 Å². The Bertz CT molecular complexity index is 1040. The van der Waals surface area contributed by atoms with E-state index in [4.69, 9.17) is 28.3 Å². The van der Waals surface area contributed by atoms with Gasteiger partial charge in [-0.05, 0) is 35.9 Å². The summed E-state index contributed by atoms with van der Waals surface area (Å²) in [4.78, 5) is 23.8. The number of rotatable bonds is 8. The van der Waals surface area contributed by atoms with Gasteiger partial charge in [-0.25, -0.2) is 0 Å². The number of hydrogen-bond acceptors (Lipinski definition) is 4. The van der Waals surface area contributed by atoms with Crippen LogP contribution in [0.25, 0.3) is 0 Å². The van der Waals surface area contributed by atoms with Crippen LogP contribution in [-0.4, -0.2) is 28.9 Å². The summed E-state index contributed by atoms with van der Waals surface area (Å²) in [5.41, 5.74) is 2.96. The van der Waals surface area contributed by atoms with E-state index in [9.17, 15) is 9.59 Å². The molecular weight excluding hydrogens is 427 g/mol. The molecule has 0 fully saturated rings. The first-order valence-electron chi connectivity index (χ1n) is 8.82. The topological polar surface area (TPSA) is 110 Å². The average Bonchev–Trinajstić information content (AvgIpc) is 2.70. The maximum atomic E-state index is 13.0. The van der Waals surface area contributed by atoms with Gasteiger partial charge in [0.25, 0.3) is 0 Å². The fourth-order valence-corrected chi connectivity index (χ4v) is 3.36. The van der Waals surface area contributed by atoms with Crippen molar-refractivity contribution in [3.63, 3.8) is 0 Å². The second-order valence-electron chi connectivity index (χ2n) is 6.27. The first-order chi connectivity index (χ1) is 14.0. The van der Waals surface area contributed by atoms with Crippen molar-refractivity contribution < 1.29 is 20.2 Å². The van der Waals surface area contributed by atoms with Crippen molar-refractivity contribution >= 4 is 52.0 Å². The molecule has 0 atom stereocenters. The van der Waals surface area contributed by atoms with Crippen LogP contribution in [0.1, 0.15) is 15.9 Å². The molecule has 0 bridgehead atoms. The molecule has 6 nitrogen and oxygen atoms in total. The largest absolute Gasteiger partial charge is 0.480 e. The Morgan fingerprint density at radius 3 is 2.10 bits per heavy atom. The standard InChI is InChI=1S/C22H18Cl2N2O3.H2O/c23-16-8-5-9-17(24)22(16)26-18-10-3-1-6-14(18)12-20(27)15-7-2-4-11-19(15)25-13-21(28)29;/h1-11,25-26H,12-13H2,(H,28,29);1H2. The van der Waals surface area contributed by atoms with Crippen LogP contribution in [0.5, 0.6) is 0 Å². The molecule has 30 heavy (non-hydrogen) atoms. The maximum Gasteiger partial charge on any atom is 0.322 e. The number of carbonyl (C=O) groups is 2. The Hall–Kier alpha value is -3.06. The quantitative estimate of drug-likeness (QED) is 0.429. The average molecular weight is 447 g/mol. The van der Waals surface area contributed by atoms with E-state index in [1.807, 2.05) is 24.3 Å². The molecule has 0 aromatic heterocycles. The van der Waals surface area contributed by atoms with Crippen LogP contribution in [0.15, 0.2) is 66.7 Å². The Labute approximate surface area is 183 Å². The highest BCUT2D eigenvalue weighted by Gasteiger charge is 2.15. The van der Waals surface area contributed by atoms with Crippen LogP contribution < -0.4 is 10.6 Å². The highest BCUT2D eigenvalue weighted by Crippen LogP contribution is 2.34. The van der Waals surface area contributed by atoms with Crippen LogP contribution in [0.4, 0.5) is 17.1 Å². The predicted molar refractivity (Wildman–Crippen MR) is 120 cm³/mol. The second-order valence-corrected chi connectivity index (χ2v) is 7.09. The molecule has 0 spiro atoms. The lowest BCUT2D eigenvalue weighted by molar-refractivity contribution is -0.134. The zero-order valence-electron chi connectivity index (χ0n) is 15.8. The second kappa shape index (κ2) is 10.6. The molecule has 3 rings (SSSR count). The molecule has 0 aliphatic carbocycles. The number of nitrogens with one attached hydrogen (secondary N) is 2. The number of para-hydroxylation sites is 3. The Morgan fingerprint density at radius 2 is 1.43 bits per heavy atom. The molecular formula is C22H20Cl2N2O4. The van der Waals surface area contributed by atoms with Gasteiger partial charge >= 0.3 is 5.97 Å². The molecule has 3 aromatic carbocycles. The minimum Gasteiger partial charge on any atom is -0.480 e. The molecule has 0 aliphatic heterocycles. The minimum atomic E-state index is -1.00. The van der Waals surface area contributed by atoms with Crippen molar-refractivity contribution in [2.24, 2.45) is 0 Å². The van der Waals surface area contributed by atoms with Crippen LogP contribution >= 0.6 is 23.2 Å². The summed E-state index contributed by atoms with van der Waals surface area (Å²) in [6, 6.07) is 19.4. The zero-order chi connectivity index (χ0) is 20.8. The summed E-state index contributed by atoms with van der Waals surface area (Å²) in [5, 5.41) is 15.8. The highest BCUT2D eigenvalue weighted by molar-refractivity contribution is 6.39. The monoisotopic (exact) mass is 446 g/mol. The Morgan fingerprint density at radius 1 is 0.833 bits per heavy atom. The lowest BCUT2D eigenvalue weighted by Gasteiger charge is -2.15. The summed E-state index contributed by atoms with van der Waals surface area (Å²) >= 11 is 12.5. The van der Waals surface area contributed by atoms with Crippen molar-refractivity contribution in [1.82, 2.24) is 0 Å². The van der Waals surface area contributed by atoms with Gasteiger partial charge in [0.2, 0.25) is 0 Å². The normalized spacial score (nSPS) is 10.1. The molecule has 0 heterocycles. The van der Waals surface area contributed by atoms with Gasteiger partial charge in [0.1, 0.15) is 6.54 Å². The summed E-state index contributed by atoms with van der Waals surface area (Å²) in [6.07, 6.45) is 0.122. The molecule has 0 aliphatic rings. The van der Waals surface area contributed by atoms with E-state index in [2.05, 4.69) is 10.6 Å². The third kappa shape index (κ3) is 5.73. The van der Waals surface area contributed by atoms with Crippen molar-refractivity contribution in [2.75, 3.05) is 17.2 Å². The van der Waals surface area contributed by atoms with Gasteiger partial charge in [0.15, 0.2) is 5.78 Å². The smallest absolute Gasteiger partial charge is 0.322 e. The predicted octanol–water partition coefficient (Wildman–Crippen LogP) is 4.83. The van der Waals surface area contributed by atoms with E-state index in [0.29, 0.717) is 32.7 Å². The molecule has 3 aromatic rings. The fraction of sp³-hybridized carbons (Fsp3) is 0.0909. The van der Waals surface area contributed by atoms with Crippen molar-refractivity contribution in [2.45, 2.75) is 6.42 Å². The summed E-state index contributed by atoms with van der Waals surface area (Å²) < 4.78 is 0. The molecule has 5 N–H and O–H groups in total. The van der Waals surface area contributed by atoms with Gasteiger partial charge in [-0.2, -0.15) is 0 Å². The molecule has 0 amide bonds. The third-order valence-corrected chi connectivity index (χ3v) is 4.88. The first kappa shape index (κ1) is 23.2. The number of carboxylic acid groups (broad SMARTS) is 1. The van der Waals surface area contributed by atoms with Gasteiger partial charge in [0, 0.05) is 23.4 Å². The number of benzene rings is 3. The molecule has 0 radical (unpaired) electrons. The van der Waals surface area contributed by atoms with Gasteiger partial charge < -0.3 is 21.2 Å². The van der Waals surface area contributed by atoms with E-state index in [0.717, 1.165) is 5.56 Å². The van der Waals surface area contributed by atoms with Crippen molar-refractivity contribution in [3.8, 4) is 0 Å². The number of carboxylic acids is 1. The van der Waals surface area contributed by atoms with Gasteiger partial charge in [-0.3, -0.25) is 9.59 Å². The summed E-state index contributed by atoms with van der Waals surface area (Å²) in [7, 11) is 0. The Kier molecular flexibility index (Phi) is 8.24. The number of ketones is 1. The summed E-state index contributed by atoms with van der Waals surface area (Å²) in [5.74, 6) is -1.14. The first-order valence-corrected chi connectivity index (χ1v) is 9.58. The lowest BCUT2D eigenvalue weighted by atomic mass is 10.00. The number of halogens is 2. The molecule has 0 saturated heterocycles. The number of carbonyl (C=O) groups excluding carboxylic acids is 1. The molecule has 156 valence electrons. The highest BCUT2D eigenvalue weighted by atomic mass is 35.5. The summed E-state index contributed by atoms with van der Waals surface area (Å²) in [6.45, 7) is -0.270. The van der Waals surface area contributed by atoms with Gasteiger partial charge in [-0.15, -0.1) is 0 Å². The molecule has 8 heteroatoms. The SMILES string of the molecule is O.O=C(O)CNc1ccccc1C(=O)Cc1ccccc1Nc1c(Cl)cccc1Cl. The van der Waals surface area contributed by atoms with Crippen LogP contribution in [0.3, 0.4) is 0 Å². The fourth-order valence-electron chi connectivity index (χ4n) is 2.87. The lowest BCUT2D eigenvalue weighted by Crippen LogP contribution is -2.15. The van der Waals surface area contributed by atoms with E-state index in [1.54, 1.807) is 42.5 Å². The zero-order valence-corrected chi connectivity index (χ0v) is 17.3. The van der Waals surface area contributed by atoms with Gasteiger partial charge in [-0.1, -0.05) is 59.6 Å². The van der Waals surface area contributed by atoms with E-state index in [-0.39, 0.29) is 24.2 Å². The maximum absolute atomic E-state index is 13.0. The third-order valence-electron chi connectivity index (χ3n) is 4.25. The van der Waals surface area contributed by atoms with E-state index in [1.165, 1.54) is 0 Å². The van der Waals surface area contributed by atoms with Gasteiger partial charge in [0.05, 0.1) is 15.7 Å². The van der Waals surface area contributed by atoms with E-state index < -0.39 is 5.97 Å². The number of hydrogen-bond donors (Lipinski definition) is 3. The van der Waals surface area contributed by atoms with Crippen LogP contribution in [0, 0.1) is 0 Å². The number of Topliss-reactive ketones (excluding diaryl/α,β-unsaturated/α-hetero) is 1. The number of anilines is 3. The van der Waals surface area contributed by atoms with Crippen molar-refractivity contribution in [1.29, 1.82) is 0 Å². The molecule has 0 unspecified atom stereocenters. The number of aliphatic carboxylic acids is 1. The van der Waals surface area contributed by atoms with Crippen LogP contribution in [0.2, 0.25) is 10.0 Å². The van der Waals surface area contributed by atoms with Crippen molar-refractivity contribution in [3.05, 3.63) is 87.9 Å².